The molecule has 3 aromatic rings. The fraction of sp³-hybridized carbons (Fsp3) is 0.469. The summed E-state index contributed by atoms with van der Waals surface area (Å²) in [6.45, 7) is 10.9. The maximum Gasteiger partial charge on any atom is 0.311 e. The highest BCUT2D eigenvalue weighted by Gasteiger charge is 2.36. The first kappa shape index (κ1) is 29.3. The summed E-state index contributed by atoms with van der Waals surface area (Å²) in [5.41, 5.74) is 6.82. The van der Waals surface area contributed by atoms with Crippen molar-refractivity contribution in [2.24, 2.45) is 5.41 Å². The van der Waals surface area contributed by atoms with Gasteiger partial charge in [0.2, 0.25) is 0 Å². The SMILES string of the molecule is CCCOCCOCCOCCOC(=O)Cc1c(-c2ccc(Cl)cc2)c(-c2ccccc2)c2n1CC(C)(C)C2. The molecule has 39 heavy (non-hydrogen) atoms. The Hall–Kier alpha value is -2.64. The predicted molar refractivity (Wildman–Crippen MR) is 155 cm³/mol. The molecular formula is C32H40ClNO5. The third-order valence-corrected chi connectivity index (χ3v) is 7.05. The second-order valence-electron chi connectivity index (χ2n) is 10.7. The Morgan fingerprint density at radius 2 is 1.41 bits per heavy atom. The molecule has 1 aliphatic heterocycles. The summed E-state index contributed by atoms with van der Waals surface area (Å²) < 4.78 is 24.4. The van der Waals surface area contributed by atoms with Gasteiger partial charge in [0.15, 0.2) is 0 Å². The van der Waals surface area contributed by atoms with Crippen LogP contribution < -0.4 is 0 Å². The van der Waals surface area contributed by atoms with Gasteiger partial charge in [-0.25, -0.2) is 0 Å². The Morgan fingerprint density at radius 3 is 2.05 bits per heavy atom. The van der Waals surface area contributed by atoms with Gasteiger partial charge in [-0.05, 0) is 41.5 Å². The summed E-state index contributed by atoms with van der Waals surface area (Å²) in [6, 6.07) is 18.3. The second-order valence-corrected chi connectivity index (χ2v) is 11.1. The Balaban J connectivity index is 1.44. The van der Waals surface area contributed by atoms with Crippen molar-refractivity contribution >= 4 is 17.6 Å². The van der Waals surface area contributed by atoms with Gasteiger partial charge in [-0.1, -0.05) is 74.8 Å². The third-order valence-electron chi connectivity index (χ3n) is 6.80. The van der Waals surface area contributed by atoms with Crippen molar-refractivity contribution in [2.45, 2.75) is 46.6 Å². The molecule has 0 amide bonds. The minimum atomic E-state index is -0.261. The topological polar surface area (TPSA) is 58.9 Å². The molecule has 0 atom stereocenters. The maximum atomic E-state index is 13.1. The summed E-state index contributed by atoms with van der Waals surface area (Å²) in [4.78, 5) is 13.1. The lowest BCUT2D eigenvalue weighted by molar-refractivity contribution is -0.144. The Labute approximate surface area is 237 Å². The van der Waals surface area contributed by atoms with Gasteiger partial charge in [0.25, 0.3) is 0 Å². The van der Waals surface area contributed by atoms with Crippen LogP contribution in [0.15, 0.2) is 54.6 Å². The van der Waals surface area contributed by atoms with Gasteiger partial charge >= 0.3 is 5.97 Å². The van der Waals surface area contributed by atoms with Crippen molar-refractivity contribution in [3.05, 3.63) is 71.0 Å². The van der Waals surface area contributed by atoms with Crippen molar-refractivity contribution in [1.29, 1.82) is 0 Å². The second kappa shape index (κ2) is 14.1. The number of hydrogen-bond donors (Lipinski definition) is 0. The summed E-state index contributed by atoms with van der Waals surface area (Å²) in [5, 5.41) is 0.684. The number of nitrogens with zero attached hydrogens (tertiary/aromatic N) is 1. The first-order chi connectivity index (χ1) is 18.9. The molecular weight excluding hydrogens is 514 g/mol. The van der Waals surface area contributed by atoms with E-state index in [0.717, 1.165) is 48.4 Å². The molecule has 6 nitrogen and oxygen atoms in total. The molecule has 0 radical (unpaired) electrons. The van der Waals surface area contributed by atoms with Gasteiger partial charge in [0.1, 0.15) is 6.61 Å². The summed E-state index contributed by atoms with van der Waals surface area (Å²) >= 11 is 6.22. The standard InChI is InChI=1S/C32H40ClNO5/c1-4-14-36-15-16-37-17-18-38-19-20-39-29(35)21-27-30(25-10-12-26(33)13-11-25)31(24-8-6-5-7-9-24)28-22-32(2,3)23-34(27)28/h5-13H,4,14-23H2,1-3H3. The third kappa shape index (κ3) is 7.95. The van der Waals surface area contributed by atoms with E-state index in [-0.39, 0.29) is 24.4 Å². The first-order valence-corrected chi connectivity index (χ1v) is 14.2. The lowest BCUT2D eigenvalue weighted by Crippen LogP contribution is -2.18. The molecule has 2 heterocycles. The number of ether oxygens (including phenoxy) is 4. The molecule has 2 aromatic carbocycles. The number of aromatic nitrogens is 1. The molecule has 0 saturated carbocycles. The van der Waals surface area contributed by atoms with E-state index < -0.39 is 0 Å². The quantitative estimate of drug-likeness (QED) is 0.157. The van der Waals surface area contributed by atoms with Crippen molar-refractivity contribution in [2.75, 3.05) is 46.2 Å². The van der Waals surface area contributed by atoms with E-state index in [0.29, 0.717) is 38.1 Å². The molecule has 1 aromatic heterocycles. The number of benzene rings is 2. The average Bonchev–Trinajstić information content (AvgIpc) is 3.38. The zero-order chi connectivity index (χ0) is 27.7. The zero-order valence-corrected chi connectivity index (χ0v) is 24.1. The van der Waals surface area contributed by atoms with Crippen LogP contribution in [0.4, 0.5) is 0 Å². The van der Waals surface area contributed by atoms with Crippen molar-refractivity contribution in [3.63, 3.8) is 0 Å². The van der Waals surface area contributed by atoms with E-state index in [1.54, 1.807) is 0 Å². The molecule has 210 valence electrons. The van der Waals surface area contributed by atoms with Crippen LogP contribution in [0, 0.1) is 5.41 Å². The summed E-state index contributed by atoms with van der Waals surface area (Å²) in [5.74, 6) is -0.261. The van der Waals surface area contributed by atoms with Crippen LogP contribution in [0.5, 0.6) is 0 Å². The lowest BCUT2D eigenvalue weighted by atomic mass is 9.86. The molecule has 0 spiro atoms. The number of rotatable bonds is 15. The first-order valence-electron chi connectivity index (χ1n) is 13.8. The predicted octanol–water partition coefficient (Wildman–Crippen LogP) is 6.60. The number of fused-ring (bicyclic) bond motifs is 1. The zero-order valence-electron chi connectivity index (χ0n) is 23.3. The number of carbonyl (C=O) groups excluding carboxylic acids is 1. The number of carbonyl (C=O) groups is 1. The fourth-order valence-corrected chi connectivity index (χ4v) is 5.27. The van der Waals surface area contributed by atoms with Gasteiger partial charge in [-0.2, -0.15) is 0 Å². The number of hydrogen-bond acceptors (Lipinski definition) is 5. The molecule has 0 saturated heterocycles. The highest BCUT2D eigenvalue weighted by atomic mass is 35.5. The molecule has 7 heteroatoms. The molecule has 0 bridgehead atoms. The Bertz CT molecular complexity index is 1200. The minimum Gasteiger partial charge on any atom is -0.463 e. The highest BCUT2D eigenvalue weighted by Crippen LogP contribution is 2.47. The van der Waals surface area contributed by atoms with Crippen molar-refractivity contribution in [3.8, 4) is 22.3 Å². The molecule has 0 N–H and O–H groups in total. The summed E-state index contributed by atoms with van der Waals surface area (Å²) in [6.07, 6.45) is 2.13. The van der Waals surface area contributed by atoms with E-state index >= 15 is 0 Å². The van der Waals surface area contributed by atoms with Crippen molar-refractivity contribution in [1.82, 2.24) is 4.57 Å². The van der Waals surface area contributed by atoms with Gasteiger partial charge in [0, 0.05) is 40.7 Å². The minimum absolute atomic E-state index is 0.105. The van der Waals surface area contributed by atoms with E-state index in [1.165, 1.54) is 11.3 Å². The van der Waals surface area contributed by atoms with Crippen LogP contribution in [0.3, 0.4) is 0 Å². The summed E-state index contributed by atoms with van der Waals surface area (Å²) in [7, 11) is 0. The van der Waals surface area contributed by atoms with Gasteiger partial charge in [0.05, 0.1) is 39.5 Å². The highest BCUT2D eigenvalue weighted by molar-refractivity contribution is 6.30. The molecule has 0 unspecified atom stereocenters. The smallest absolute Gasteiger partial charge is 0.311 e. The van der Waals surface area contributed by atoms with Gasteiger partial charge in [-0.3, -0.25) is 4.79 Å². The van der Waals surface area contributed by atoms with Crippen LogP contribution in [-0.2, 0) is 43.1 Å². The normalized spacial score (nSPS) is 13.9. The van der Waals surface area contributed by atoms with E-state index in [1.807, 2.05) is 30.3 Å². The van der Waals surface area contributed by atoms with Crippen LogP contribution in [0.25, 0.3) is 22.3 Å². The van der Waals surface area contributed by atoms with Crippen LogP contribution in [0.2, 0.25) is 5.02 Å². The molecule has 1 aliphatic rings. The van der Waals surface area contributed by atoms with Crippen LogP contribution >= 0.6 is 11.6 Å². The monoisotopic (exact) mass is 553 g/mol. The maximum absolute atomic E-state index is 13.1. The average molecular weight is 554 g/mol. The molecule has 0 fully saturated rings. The van der Waals surface area contributed by atoms with E-state index in [4.69, 9.17) is 30.5 Å². The molecule has 0 aliphatic carbocycles. The van der Waals surface area contributed by atoms with Crippen molar-refractivity contribution < 1.29 is 23.7 Å². The van der Waals surface area contributed by atoms with Crippen LogP contribution in [-0.4, -0.2) is 56.8 Å². The largest absolute Gasteiger partial charge is 0.463 e. The van der Waals surface area contributed by atoms with Crippen LogP contribution in [0.1, 0.15) is 38.6 Å². The Kier molecular flexibility index (Phi) is 10.6. The van der Waals surface area contributed by atoms with Gasteiger partial charge in [-0.15, -0.1) is 0 Å². The van der Waals surface area contributed by atoms with Gasteiger partial charge < -0.3 is 23.5 Å². The van der Waals surface area contributed by atoms with E-state index in [9.17, 15) is 4.79 Å². The number of halogens is 1. The lowest BCUT2D eigenvalue weighted by Gasteiger charge is -2.19. The fourth-order valence-electron chi connectivity index (χ4n) is 5.15. The molecule has 4 rings (SSSR count). The number of esters is 1. The van der Waals surface area contributed by atoms with E-state index in [2.05, 4.69) is 49.6 Å². The Morgan fingerprint density at radius 1 is 0.821 bits per heavy atom.